The van der Waals surface area contributed by atoms with Gasteiger partial charge >= 0.3 is 5.97 Å². The van der Waals surface area contributed by atoms with Gasteiger partial charge in [0.25, 0.3) is 0 Å². The van der Waals surface area contributed by atoms with Crippen molar-refractivity contribution >= 4 is 16.9 Å². The molecule has 0 aliphatic carbocycles. The number of carboxylic acids is 1. The average molecular weight is 231 g/mol. The zero-order valence-corrected chi connectivity index (χ0v) is 10.2. The van der Waals surface area contributed by atoms with Gasteiger partial charge in [0.05, 0.1) is 11.1 Å². The molecule has 90 valence electrons. The molecule has 2 aromatic rings. The highest BCUT2D eigenvalue weighted by atomic mass is 16.4. The standard InChI is InChI=1S/C14H17NO2/c1-3-4-8-15-9-10(2)11-6-5-7-12(13(11)15)14(16)17/h5-7,9H,3-4,8H2,1-2H3,(H,16,17). The maximum atomic E-state index is 11.2. The molecule has 0 atom stereocenters. The molecule has 1 heterocycles. The second-order valence-electron chi connectivity index (χ2n) is 4.37. The van der Waals surface area contributed by atoms with Crippen molar-refractivity contribution in [3.05, 3.63) is 35.5 Å². The number of rotatable bonds is 4. The van der Waals surface area contributed by atoms with Crippen molar-refractivity contribution in [1.29, 1.82) is 0 Å². The first kappa shape index (κ1) is 11.7. The highest BCUT2D eigenvalue weighted by Gasteiger charge is 2.13. The minimum atomic E-state index is -0.855. The summed E-state index contributed by atoms with van der Waals surface area (Å²) in [7, 11) is 0. The summed E-state index contributed by atoms with van der Waals surface area (Å²) in [6.45, 7) is 5.04. The lowest BCUT2D eigenvalue weighted by atomic mass is 10.1. The van der Waals surface area contributed by atoms with Crippen molar-refractivity contribution in [3.8, 4) is 0 Å². The number of hydrogen-bond acceptors (Lipinski definition) is 1. The molecule has 1 aromatic heterocycles. The topological polar surface area (TPSA) is 42.2 Å². The Hall–Kier alpha value is -1.77. The summed E-state index contributed by atoms with van der Waals surface area (Å²) in [5.41, 5.74) is 2.39. The number of fused-ring (bicyclic) bond motifs is 1. The molecule has 0 fully saturated rings. The van der Waals surface area contributed by atoms with Crippen LogP contribution in [-0.4, -0.2) is 15.6 Å². The largest absolute Gasteiger partial charge is 0.478 e. The Kier molecular flexibility index (Phi) is 3.18. The maximum absolute atomic E-state index is 11.2. The number of carboxylic acid groups (broad SMARTS) is 1. The van der Waals surface area contributed by atoms with Crippen molar-refractivity contribution in [2.24, 2.45) is 0 Å². The summed E-state index contributed by atoms with van der Waals surface area (Å²) in [6.07, 6.45) is 4.22. The first-order valence-electron chi connectivity index (χ1n) is 5.97. The molecule has 0 amide bonds. The van der Waals surface area contributed by atoms with Gasteiger partial charge in [-0.25, -0.2) is 4.79 Å². The third-order valence-electron chi connectivity index (χ3n) is 3.08. The van der Waals surface area contributed by atoms with Gasteiger partial charge in [-0.05, 0) is 25.0 Å². The van der Waals surface area contributed by atoms with E-state index in [9.17, 15) is 9.90 Å². The predicted molar refractivity (Wildman–Crippen MR) is 68.5 cm³/mol. The van der Waals surface area contributed by atoms with Gasteiger partial charge in [0.2, 0.25) is 0 Å². The van der Waals surface area contributed by atoms with Crippen LogP contribution in [0.15, 0.2) is 24.4 Å². The Morgan fingerprint density at radius 2 is 2.18 bits per heavy atom. The fourth-order valence-corrected chi connectivity index (χ4v) is 2.22. The van der Waals surface area contributed by atoms with Gasteiger partial charge in [-0.3, -0.25) is 0 Å². The molecule has 1 N–H and O–H groups in total. The number of aryl methyl sites for hydroxylation is 2. The summed E-state index contributed by atoms with van der Waals surface area (Å²) < 4.78 is 2.07. The number of para-hydroxylation sites is 1. The number of benzene rings is 1. The SMILES string of the molecule is CCCCn1cc(C)c2cccc(C(=O)O)c21. The molecule has 0 unspecified atom stereocenters. The molecular weight excluding hydrogens is 214 g/mol. The molecule has 0 radical (unpaired) electrons. The van der Waals surface area contributed by atoms with Crippen molar-refractivity contribution in [3.63, 3.8) is 0 Å². The van der Waals surface area contributed by atoms with Crippen LogP contribution < -0.4 is 0 Å². The van der Waals surface area contributed by atoms with E-state index in [1.54, 1.807) is 6.07 Å². The van der Waals surface area contributed by atoms with Gasteiger partial charge in [-0.1, -0.05) is 25.5 Å². The minimum Gasteiger partial charge on any atom is -0.478 e. The number of carbonyl (C=O) groups is 1. The van der Waals surface area contributed by atoms with Crippen molar-refractivity contribution in [2.45, 2.75) is 33.2 Å². The molecule has 0 saturated carbocycles. The Morgan fingerprint density at radius 1 is 1.41 bits per heavy atom. The predicted octanol–water partition coefficient (Wildman–Crippen LogP) is 3.45. The van der Waals surface area contributed by atoms with Crippen molar-refractivity contribution in [2.75, 3.05) is 0 Å². The number of unbranched alkanes of at least 4 members (excludes halogenated alkanes) is 1. The fourth-order valence-electron chi connectivity index (χ4n) is 2.22. The second-order valence-corrected chi connectivity index (χ2v) is 4.37. The van der Waals surface area contributed by atoms with Crippen molar-refractivity contribution < 1.29 is 9.90 Å². The average Bonchev–Trinajstić information content (AvgIpc) is 2.64. The first-order chi connectivity index (χ1) is 8.15. The zero-order valence-electron chi connectivity index (χ0n) is 10.2. The van der Waals surface area contributed by atoms with E-state index >= 15 is 0 Å². The van der Waals surface area contributed by atoms with E-state index in [-0.39, 0.29) is 0 Å². The van der Waals surface area contributed by atoms with Gasteiger partial charge < -0.3 is 9.67 Å². The zero-order chi connectivity index (χ0) is 12.4. The molecule has 0 spiro atoms. The van der Waals surface area contributed by atoms with Crippen LogP contribution in [0.1, 0.15) is 35.7 Å². The quantitative estimate of drug-likeness (QED) is 0.875. The minimum absolute atomic E-state index is 0.395. The highest BCUT2D eigenvalue weighted by molar-refractivity contribution is 6.03. The number of aromatic carboxylic acids is 1. The van der Waals surface area contributed by atoms with Gasteiger partial charge in [0.15, 0.2) is 0 Å². The number of aromatic nitrogens is 1. The van der Waals surface area contributed by atoms with E-state index in [0.29, 0.717) is 5.56 Å². The van der Waals surface area contributed by atoms with Crippen LogP contribution >= 0.6 is 0 Å². The molecule has 3 heteroatoms. The van der Waals surface area contributed by atoms with E-state index in [0.717, 1.165) is 35.9 Å². The third kappa shape index (κ3) is 2.05. The summed E-state index contributed by atoms with van der Waals surface area (Å²) >= 11 is 0. The van der Waals surface area contributed by atoms with Crippen molar-refractivity contribution in [1.82, 2.24) is 4.57 Å². The molecule has 0 bridgehead atoms. The molecule has 0 saturated heterocycles. The summed E-state index contributed by atoms with van der Waals surface area (Å²) in [6, 6.07) is 5.47. The number of hydrogen-bond donors (Lipinski definition) is 1. The normalized spacial score (nSPS) is 10.9. The van der Waals surface area contributed by atoms with Gasteiger partial charge in [0.1, 0.15) is 0 Å². The van der Waals surface area contributed by atoms with E-state index < -0.39 is 5.97 Å². The maximum Gasteiger partial charge on any atom is 0.337 e. The van der Waals surface area contributed by atoms with Crippen LogP contribution in [0.5, 0.6) is 0 Å². The Balaban J connectivity index is 2.63. The van der Waals surface area contributed by atoms with Crippen LogP contribution in [0.2, 0.25) is 0 Å². The molecule has 0 aliphatic heterocycles. The monoisotopic (exact) mass is 231 g/mol. The molecule has 0 aliphatic rings. The van der Waals surface area contributed by atoms with Gasteiger partial charge in [-0.15, -0.1) is 0 Å². The Labute approximate surface area is 101 Å². The lowest BCUT2D eigenvalue weighted by Gasteiger charge is -2.06. The van der Waals surface area contributed by atoms with E-state index in [1.165, 1.54) is 0 Å². The van der Waals surface area contributed by atoms with Crippen LogP contribution in [-0.2, 0) is 6.54 Å². The highest BCUT2D eigenvalue weighted by Crippen LogP contribution is 2.24. The van der Waals surface area contributed by atoms with E-state index in [2.05, 4.69) is 11.5 Å². The van der Waals surface area contributed by atoms with Crippen LogP contribution in [0.4, 0.5) is 0 Å². The molecule has 1 aromatic carbocycles. The second kappa shape index (κ2) is 4.62. The van der Waals surface area contributed by atoms with Crippen LogP contribution in [0, 0.1) is 6.92 Å². The molecular formula is C14H17NO2. The first-order valence-corrected chi connectivity index (χ1v) is 5.97. The third-order valence-corrected chi connectivity index (χ3v) is 3.08. The lowest BCUT2D eigenvalue weighted by molar-refractivity contribution is 0.0698. The summed E-state index contributed by atoms with van der Waals surface area (Å²) in [4.78, 5) is 11.2. The molecule has 3 nitrogen and oxygen atoms in total. The fraction of sp³-hybridized carbons (Fsp3) is 0.357. The van der Waals surface area contributed by atoms with Gasteiger partial charge in [-0.2, -0.15) is 0 Å². The van der Waals surface area contributed by atoms with E-state index in [1.807, 2.05) is 25.3 Å². The Morgan fingerprint density at radius 3 is 2.82 bits per heavy atom. The Bertz CT molecular complexity index is 555. The molecule has 2 rings (SSSR count). The van der Waals surface area contributed by atoms with Crippen LogP contribution in [0.25, 0.3) is 10.9 Å². The van der Waals surface area contributed by atoms with E-state index in [4.69, 9.17) is 0 Å². The number of nitrogens with zero attached hydrogens (tertiary/aromatic N) is 1. The summed E-state index contributed by atoms with van der Waals surface area (Å²) in [5.74, 6) is -0.855. The summed E-state index contributed by atoms with van der Waals surface area (Å²) in [5, 5.41) is 10.3. The van der Waals surface area contributed by atoms with Gasteiger partial charge in [0, 0.05) is 18.1 Å². The lowest BCUT2D eigenvalue weighted by Crippen LogP contribution is -2.03. The molecule has 17 heavy (non-hydrogen) atoms. The smallest absolute Gasteiger partial charge is 0.337 e. The van der Waals surface area contributed by atoms with Crippen LogP contribution in [0.3, 0.4) is 0 Å².